The summed E-state index contributed by atoms with van der Waals surface area (Å²) in [7, 11) is 1.31. The minimum Gasteiger partial charge on any atom is -0.465 e. The number of hydrogen-bond donors (Lipinski definition) is 1. The van der Waals surface area contributed by atoms with Crippen molar-refractivity contribution >= 4 is 28.8 Å². The van der Waals surface area contributed by atoms with Gasteiger partial charge in [0.05, 0.1) is 17.7 Å². The van der Waals surface area contributed by atoms with E-state index in [-0.39, 0.29) is 11.4 Å². The molecular weight excluding hydrogens is 350 g/mol. The van der Waals surface area contributed by atoms with Gasteiger partial charge in [-0.15, -0.1) is 11.3 Å². The number of thiophene rings is 1. The molecule has 4 rings (SSSR count). The van der Waals surface area contributed by atoms with Crippen LogP contribution in [0.2, 0.25) is 0 Å². The van der Waals surface area contributed by atoms with E-state index >= 15 is 0 Å². The van der Waals surface area contributed by atoms with Crippen LogP contribution in [-0.2, 0) is 4.74 Å². The Morgan fingerprint density at radius 1 is 1.23 bits per heavy atom. The van der Waals surface area contributed by atoms with Crippen LogP contribution in [0.1, 0.15) is 21.7 Å². The van der Waals surface area contributed by atoms with E-state index in [1.165, 1.54) is 17.8 Å². The number of aromatic nitrogens is 4. The fourth-order valence-electron chi connectivity index (χ4n) is 3.05. The maximum Gasteiger partial charge on any atom is 0.343 e. The zero-order chi connectivity index (χ0) is 18.4. The molecule has 4 heterocycles. The number of nitrogen functional groups attached to an aromatic ring is 1. The second kappa shape index (κ2) is 5.99. The van der Waals surface area contributed by atoms with E-state index in [1.807, 2.05) is 11.4 Å². The molecule has 7 nitrogen and oxygen atoms in total. The number of nitrogens with zero attached hydrogens (tertiary/aromatic N) is 4. The smallest absolute Gasteiger partial charge is 0.343 e. The maximum atomic E-state index is 11.8. The molecule has 0 aromatic carbocycles. The molecule has 0 amide bonds. The van der Waals surface area contributed by atoms with Crippen molar-refractivity contribution in [1.82, 2.24) is 19.2 Å². The van der Waals surface area contributed by atoms with Gasteiger partial charge in [-0.3, -0.25) is 0 Å². The van der Waals surface area contributed by atoms with Crippen LogP contribution in [-0.4, -0.2) is 32.2 Å². The van der Waals surface area contributed by atoms with Crippen molar-refractivity contribution in [2.75, 3.05) is 12.8 Å². The number of carbonyl (C=O) groups is 1. The van der Waals surface area contributed by atoms with Crippen LogP contribution in [0.25, 0.3) is 21.9 Å². The van der Waals surface area contributed by atoms with Crippen LogP contribution in [0.4, 0.5) is 5.82 Å². The Labute approximate surface area is 153 Å². The molecule has 8 heteroatoms. The number of carbonyl (C=O) groups excluding carboxylic acids is 1. The summed E-state index contributed by atoms with van der Waals surface area (Å²) in [5.41, 5.74) is 11.0. The fraction of sp³-hybridized carbons (Fsp3) is 0.167. The predicted molar refractivity (Wildman–Crippen MR) is 101 cm³/mol. The molecule has 0 atom stereocenters. The first-order valence-corrected chi connectivity index (χ1v) is 8.85. The molecule has 0 bridgehead atoms. The highest BCUT2D eigenvalue weighted by Crippen LogP contribution is 2.34. The lowest BCUT2D eigenvalue weighted by Gasteiger charge is -2.09. The van der Waals surface area contributed by atoms with Gasteiger partial charge in [0, 0.05) is 23.7 Å². The Bertz CT molecular complexity index is 1120. The molecule has 0 saturated heterocycles. The third-order valence-electron chi connectivity index (χ3n) is 4.32. The molecule has 26 heavy (non-hydrogen) atoms. The largest absolute Gasteiger partial charge is 0.465 e. The SMILES string of the molecule is COC(=O)c1cnc2cc(-c3sccc3-n3c(C)ccc3C)nn2c1N. The van der Waals surface area contributed by atoms with Crippen molar-refractivity contribution in [1.29, 1.82) is 0 Å². The molecule has 0 radical (unpaired) electrons. The number of hydrogen-bond acceptors (Lipinski definition) is 6. The molecule has 0 aliphatic rings. The average molecular weight is 367 g/mol. The number of fused-ring (bicyclic) bond motifs is 1. The Morgan fingerprint density at radius 2 is 1.96 bits per heavy atom. The van der Waals surface area contributed by atoms with Gasteiger partial charge >= 0.3 is 5.97 Å². The number of ether oxygens (including phenoxy) is 1. The molecule has 0 spiro atoms. The summed E-state index contributed by atoms with van der Waals surface area (Å²) in [6.07, 6.45) is 1.41. The molecule has 0 fully saturated rings. The van der Waals surface area contributed by atoms with Gasteiger partial charge in [0.1, 0.15) is 17.1 Å². The lowest BCUT2D eigenvalue weighted by molar-refractivity contribution is 0.0601. The minimum atomic E-state index is -0.538. The highest BCUT2D eigenvalue weighted by atomic mass is 32.1. The first-order chi connectivity index (χ1) is 12.5. The van der Waals surface area contributed by atoms with E-state index < -0.39 is 5.97 Å². The summed E-state index contributed by atoms with van der Waals surface area (Å²) in [6, 6.07) is 8.10. The number of nitrogens with two attached hydrogens (primary N) is 1. The molecule has 0 aliphatic carbocycles. The first kappa shape index (κ1) is 16.3. The molecule has 0 saturated carbocycles. The zero-order valence-corrected chi connectivity index (χ0v) is 15.4. The standard InChI is InChI=1S/C18H17N5O2S/c1-10-4-5-11(2)22(10)14-6-7-26-16(14)13-8-15-20-9-12(18(24)25-3)17(19)23(15)21-13/h4-9H,19H2,1-3H3. The molecule has 4 aromatic heterocycles. The third-order valence-corrected chi connectivity index (χ3v) is 5.24. The van der Waals surface area contributed by atoms with E-state index in [9.17, 15) is 4.79 Å². The van der Waals surface area contributed by atoms with Gasteiger partial charge in [-0.25, -0.2) is 9.78 Å². The van der Waals surface area contributed by atoms with Crippen LogP contribution < -0.4 is 5.73 Å². The van der Waals surface area contributed by atoms with Gasteiger partial charge in [0.15, 0.2) is 5.65 Å². The van der Waals surface area contributed by atoms with Gasteiger partial charge in [0.25, 0.3) is 0 Å². The Kier molecular flexibility index (Phi) is 3.77. The first-order valence-electron chi connectivity index (χ1n) is 7.97. The molecule has 4 aromatic rings. The van der Waals surface area contributed by atoms with Gasteiger partial charge in [-0.05, 0) is 37.4 Å². The minimum absolute atomic E-state index is 0.193. The predicted octanol–water partition coefficient (Wildman–Crippen LogP) is 3.23. The van der Waals surface area contributed by atoms with Crippen LogP contribution in [0.15, 0.2) is 35.8 Å². The molecule has 0 unspecified atom stereocenters. The highest BCUT2D eigenvalue weighted by molar-refractivity contribution is 7.14. The zero-order valence-electron chi connectivity index (χ0n) is 14.6. The highest BCUT2D eigenvalue weighted by Gasteiger charge is 2.19. The summed E-state index contributed by atoms with van der Waals surface area (Å²) in [5.74, 6) is -0.330. The second-order valence-electron chi connectivity index (χ2n) is 5.93. The summed E-state index contributed by atoms with van der Waals surface area (Å²) >= 11 is 1.60. The summed E-state index contributed by atoms with van der Waals surface area (Å²) in [6.45, 7) is 4.14. The lowest BCUT2D eigenvalue weighted by atomic mass is 10.3. The third kappa shape index (κ3) is 2.38. The molecule has 2 N–H and O–H groups in total. The van der Waals surface area contributed by atoms with E-state index in [0.29, 0.717) is 5.65 Å². The molecular formula is C18H17N5O2S. The van der Waals surface area contributed by atoms with Crippen molar-refractivity contribution in [2.24, 2.45) is 0 Å². The Balaban J connectivity index is 1.88. The topological polar surface area (TPSA) is 87.4 Å². The molecule has 132 valence electrons. The van der Waals surface area contributed by atoms with Gasteiger partial charge in [-0.1, -0.05) is 0 Å². The van der Waals surface area contributed by atoms with E-state index in [0.717, 1.165) is 27.6 Å². The van der Waals surface area contributed by atoms with E-state index in [4.69, 9.17) is 10.5 Å². The average Bonchev–Trinajstić information content (AvgIpc) is 3.33. The summed E-state index contributed by atoms with van der Waals surface area (Å²) in [4.78, 5) is 17.1. The monoisotopic (exact) mass is 367 g/mol. The van der Waals surface area contributed by atoms with Crippen molar-refractivity contribution < 1.29 is 9.53 Å². The maximum absolute atomic E-state index is 11.8. The van der Waals surface area contributed by atoms with Crippen molar-refractivity contribution in [3.63, 3.8) is 0 Å². The Morgan fingerprint density at radius 3 is 2.65 bits per heavy atom. The van der Waals surface area contributed by atoms with Crippen molar-refractivity contribution in [3.05, 3.63) is 52.8 Å². The van der Waals surface area contributed by atoms with Crippen molar-refractivity contribution in [3.8, 4) is 16.3 Å². The van der Waals surface area contributed by atoms with Crippen LogP contribution in [0, 0.1) is 13.8 Å². The fourth-order valence-corrected chi connectivity index (χ4v) is 3.88. The molecule has 0 aliphatic heterocycles. The summed E-state index contributed by atoms with van der Waals surface area (Å²) in [5, 5.41) is 6.61. The quantitative estimate of drug-likeness (QED) is 0.562. The van der Waals surface area contributed by atoms with Gasteiger partial charge in [-0.2, -0.15) is 9.61 Å². The van der Waals surface area contributed by atoms with Gasteiger partial charge in [0.2, 0.25) is 0 Å². The van der Waals surface area contributed by atoms with Crippen LogP contribution in [0.3, 0.4) is 0 Å². The number of aryl methyl sites for hydroxylation is 2. The van der Waals surface area contributed by atoms with Crippen molar-refractivity contribution in [2.45, 2.75) is 13.8 Å². The van der Waals surface area contributed by atoms with Gasteiger partial charge < -0.3 is 15.0 Å². The lowest BCUT2D eigenvalue weighted by Crippen LogP contribution is -2.11. The van der Waals surface area contributed by atoms with E-state index in [1.54, 1.807) is 11.3 Å². The number of rotatable bonds is 3. The normalized spacial score (nSPS) is 11.2. The number of methoxy groups -OCH3 is 1. The summed E-state index contributed by atoms with van der Waals surface area (Å²) < 4.78 is 8.40. The second-order valence-corrected chi connectivity index (χ2v) is 6.85. The number of esters is 1. The van der Waals surface area contributed by atoms with Crippen LogP contribution >= 0.6 is 11.3 Å². The van der Waals surface area contributed by atoms with E-state index in [2.05, 4.69) is 46.7 Å². The Hall–Kier alpha value is -3.13. The number of anilines is 1. The van der Waals surface area contributed by atoms with Crippen LogP contribution in [0.5, 0.6) is 0 Å².